The maximum Gasteiger partial charge on any atom is 0.220 e. The molecule has 0 bridgehead atoms. The third-order valence-electron chi connectivity index (χ3n) is 4.41. The molecule has 0 saturated heterocycles. The van der Waals surface area contributed by atoms with Gasteiger partial charge in [0.05, 0.1) is 0 Å². The highest BCUT2D eigenvalue weighted by molar-refractivity contribution is 7.12. The van der Waals surface area contributed by atoms with E-state index in [-0.39, 0.29) is 43.1 Å². The Labute approximate surface area is 135 Å². The van der Waals surface area contributed by atoms with Gasteiger partial charge in [-0.15, -0.1) is 11.3 Å². The number of carbonyl (C=O) groups excluding carboxylic acids is 2. The number of Topliss-reactive ketones (excluding diaryl/α,β-unsaturated/α-hetero) is 1. The van der Waals surface area contributed by atoms with Crippen LogP contribution >= 0.6 is 11.3 Å². The second kappa shape index (κ2) is 7.88. The standard InChI is InChI=1S/C17H25NO3S/c1-11-9-14(12(2)22-11)16(20)7-8-17(21)18-15-6-4-3-5-13(15)10-19/h9,13,15,19H,3-8,10H2,1-2H3,(H,18,21). The van der Waals surface area contributed by atoms with E-state index in [2.05, 4.69) is 5.32 Å². The van der Waals surface area contributed by atoms with E-state index in [1.807, 2.05) is 19.9 Å². The highest BCUT2D eigenvalue weighted by Gasteiger charge is 2.26. The second-order valence-electron chi connectivity index (χ2n) is 6.15. The molecule has 1 aromatic rings. The van der Waals surface area contributed by atoms with Crippen LogP contribution in [0.4, 0.5) is 0 Å². The highest BCUT2D eigenvalue weighted by Crippen LogP contribution is 2.24. The third-order valence-corrected chi connectivity index (χ3v) is 5.38. The molecule has 122 valence electrons. The molecule has 0 aromatic carbocycles. The predicted octanol–water partition coefficient (Wildman–Crippen LogP) is 3.00. The lowest BCUT2D eigenvalue weighted by molar-refractivity contribution is -0.122. The first kappa shape index (κ1) is 17.2. The first-order valence-electron chi connectivity index (χ1n) is 8.01. The smallest absolute Gasteiger partial charge is 0.220 e. The van der Waals surface area contributed by atoms with Crippen LogP contribution in [-0.4, -0.2) is 29.4 Å². The lowest BCUT2D eigenvalue weighted by Gasteiger charge is -2.30. The summed E-state index contributed by atoms with van der Waals surface area (Å²) in [6, 6.07) is 1.97. The van der Waals surface area contributed by atoms with Crippen molar-refractivity contribution >= 4 is 23.0 Å². The number of amides is 1. The normalized spacial score (nSPS) is 21.6. The lowest BCUT2D eigenvalue weighted by Crippen LogP contribution is -2.43. The molecule has 22 heavy (non-hydrogen) atoms. The zero-order valence-electron chi connectivity index (χ0n) is 13.4. The number of nitrogens with one attached hydrogen (secondary N) is 1. The molecule has 2 rings (SSSR count). The Kier molecular flexibility index (Phi) is 6.15. The van der Waals surface area contributed by atoms with Gasteiger partial charge >= 0.3 is 0 Å². The lowest BCUT2D eigenvalue weighted by atomic mass is 9.85. The first-order chi connectivity index (χ1) is 10.5. The number of aliphatic hydroxyl groups excluding tert-OH is 1. The van der Waals surface area contributed by atoms with E-state index >= 15 is 0 Å². The molecule has 2 unspecified atom stereocenters. The number of thiophene rings is 1. The van der Waals surface area contributed by atoms with E-state index in [4.69, 9.17) is 0 Å². The van der Waals surface area contributed by atoms with Crippen molar-refractivity contribution in [3.05, 3.63) is 21.4 Å². The van der Waals surface area contributed by atoms with Gasteiger partial charge < -0.3 is 10.4 Å². The zero-order chi connectivity index (χ0) is 16.1. The summed E-state index contributed by atoms with van der Waals surface area (Å²) in [4.78, 5) is 26.4. The van der Waals surface area contributed by atoms with Crippen molar-refractivity contribution in [2.24, 2.45) is 5.92 Å². The van der Waals surface area contributed by atoms with E-state index < -0.39 is 0 Å². The van der Waals surface area contributed by atoms with Crippen LogP contribution < -0.4 is 5.32 Å². The molecule has 1 aromatic heterocycles. The van der Waals surface area contributed by atoms with Crippen molar-refractivity contribution in [1.82, 2.24) is 5.32 Å². The molecule has 1 heterocycles. The SMILES string of the molecule is Cc1cc(C(=O)CCC(=O)NC2CCCCC2CO)c(C)s1. The summed E-state index contributed by atoms with van der Waals surface area (Å²) in [5.74, 6) is 0.123. The largest absolute Gasteiger partial charge is 0.396 e. The van der Waals surface area contributed by atoms with Gasteiger partial charge in [0.25, 0.3) is 0 Å². The van der Waals surface area contributed by atoms with Gasteiger partial charge in [0.1, 0.15) is 0 Å². The number of rotatable bonds is 6. The third kappa shape index (κ3) is 4.40. The minimum atomic E-state index is -0.0803. The predicted molar refractivity (Wildman–Crippen MR) is 88.3 cm³/mol. The minimum Gasteiger partial charge on any atom is -0.396 e. The van der Waals surface area contributed by atoms with Crippen LogP contribution in [0.15, 0.2) is 6.07 Å². The van der Waals surface area contributed by atoms with Crippen molar-refractivity contribution in [3.63, 3.8) is 0 Å². The average Bonchev–Trinajstić information content (AvgIpc) is 2.84. The van der Waals surface area contributed by atoms with E-state index in [0.717, 1.165) is 41.0 Å². The fourth-order valence-electron chi connectivity index (χ4n) is 3.16. The molecule has 2 atom stereocenters. The fraction of sp³-hybridized carbons (Fsp3) is 0.647. The van der Waals surface area contributed by atoms with Crippen LogP contribution in [0.5, 0.6) is 0 Å². The van der Waals surface area contributed by atoms with Gasteiger partial charge in [0, 0.05) is 46.7 Å². The van der Waals surface area contributed by atoms with Gasteiger partial charge in [-0.25, -0.2) is 0 Å². The number of aliphatic hydroxyl groups is 1. The van der Waals surface area contributed by atoms with Crippen LogP contribution in [-0.2, 0) is 4.79 Å². The van der Waals surface area contributed by atoms with Crippen LogP contribution in [0.25, 0.3) is 0 Å². The molecule has 0 spiro atoms. The monoisotopic (exact) mass is 323 g/mol. The van der Waals surface area contributed by atoms with Crippen molar-refractivity contribution in [3.8, 4) is 0 Å². The molecule has 1 saturated carbocycles. The molecular formula is C17H25NO3S. The van der Waals surface area contributed by atoms with Gasteiger partial charge in [-0.1, -0.05) is 12.8 Å². The molecule has 1 aliphatic carbocycles. The van der Waals surface area contributed by atoms with E-state index in [0.29, 0.717) is 0 Å². The topological polar surface area (TPSA) is 66.4 Å². The summed E-state index contributed by atoms with van der Waals surface area (Å²) in [5, 5.41) is 12.4. The molecule has 1 fully saturated rings. The number of hydrogen-bond donors (Lipinski definition) is 2. The Balaban J connectivity index is 1.82. The molecule has 0 radical (unpaired) electrons. The van der Waals surface area contributed by atoms with Crippen molar-refractivity contribution in [2.45, 2.75) is 58.4 Å². The minimum absolute atomic E-state index is 0.0411. The van der Waals surface area contributed by atoms with Gasteiger partial charge in [-0.2, -0.15) is 0 Å². The van der Waals surface area contributed by atoms with E-state index in [9.17, 15) is 14.7 Å². The van der Waals surface area contributed by atoms with Gasteiger partial charge in [0.2, 0.25) is 5.91 Å². The second-order valence-corrected chi connectivity index (χ2v) is 7.61. The molecule has 4 nitrogen and oxygen atoms in total. The summed E-state index contributed by atoms with van der Waals surface area (Å²) >= 11 is 1.61. The number of hydrogen-bond acceptors (Lipinski definition) is 4. The molecule has 5 heteroatoms. The van der Waals surface area contributed by atoms with E-state index in [1.165, 1.54) is 0 Å². The summed E-state index contributed by atoms with van der Waals surface area (Å²) in [6.07, 6.45) is 4.57. The number of carbonyl (C=O) groups is 2. The first-order valence-corrected chi connectivity index (χ1v) is 8.83. The van der Waals surface area contributed by atoms with Gasteiger partial charge in [0.15, 0.2) is 5.78 Å². The summed E-state index contributed by atoms with van der Waals surface area (Å²) in [6.45, 7) is 4.05. The maximum absolute atomic E-state index is 12.2. The molecular weight excluding hydrogens is 298 g/mol. The van der Waals surface area contributed by atoms with Crippen molar-refractivity contribution in [1.29, 1.82) is 0 Å². The summed E-state index contributed by atoms with van der Waals surface area (Å²) in [5.41, 5.74) is 0.751. The Bertz CT molecular complexity index is 538. The Morgan fingerprint density at radius 3 is 2.64 bits per heavy atom. The number of aryl methyl sites for hydroxylation is 2. The molecule has 0 aliphatic heterocycles. The van der Waals surface area contributed by atoms with Crippen LogP contribution in [0.2, 0.25) is 0 Å². The Morgan fingerprint density at radius 2 is 2.00 bits per heavy atom. The van der Waals surface area contributed by atoms with Crippen LogP contribution in [0.1, 0.15) is 58.6 Å². The summed E-state index contributed by atoms with van der Waals surface area (Å²) in [7, 11) is 0. The van der Waals surface area contributed by atoms with Crippen molar-refractivity contribution < 1.29 is 14.7 Å². The average molecular weight is 323 g/mol. The fourth-order valence-corrected chi connectivity index (χ4v) is 4.11. The zero-order valence-corrected chi connectivity index (χ0v) is 14.2. The maximum atomic E-state index is 12.2. The molecule has 2 N–H and O–H groups in total. The summed E-state index contributed by atoms with van der Waals surface area (Å²) < 4.78 is 0. The Morgan fingerprint density at radius 1 is 1.27 bits per heavy atom. The Hall–Kier alpha value is -1.20. The molecule has 1 aliphatic rings. The van der Waals surface area contributed by atoms with Crippen LogP contribution in [0.3, 0.4) is 0 Å². The van der Waals surface area contributed by atoms with Gasteiger partial charge in [-0.3, -0.25) is 9.59 Å². The van der Waals surface area contributed by atoms with Gasteiger partial charge in [-0.05, 0) is 32.8 Å². The van der Waals surface area contributed by atoms with E-state index in [1.54, 1.807) is 11.3 Å². The van der Waals surface area contributed by atoms with Crippen LogP contribution in [0, 0.1) is 19.8 Å². The number of ketones is 1. The van der Waals surface area contributed by atoms with Crippen molar-refractivity contribution in [2.75, 3.05) is 6.61 Å². The molecule has 1 amide bonds. The quantitative estimate of drug-likeness (QED) is 0.791. The highest BCUT2D eigenvalue weighted by atomic mass is 32.1.